The second-order valence-corrected chi connectivity index (χ2v) is 6.29. The Morgan fingerprint density at radius 2 is 2.06 bits per heavy atom. The van der Waals surface area contributed by atoms with Gasteiger partial charge in [-0.25, -0.2) is 0 Å². The summed E-state index contributed by atoms with van der Waals surface area (Å²) in [7, 11) is 0. The van der Waals surface area contributed by atoms with Crippen LogP contribution in [0.15, 0.2) is 35.5 Å². The molecule has 0 fully saturated rings. The van der Waals surface area contributed by atoms with Gasteiger partial charge >= 0.3 is 0 Å². The first-order valence-corrected chi connectivity index (χ1v) is 6.21. The van der Waals surface area contributed by atoms with Gasteiger partial charge in [0.05, 0.1) is 0 Å². The van der Waals surface area contributed by atoms with Crippen molar-refractivity contribution in [1.82, 2.24) is 0 Å². The summed E-state index contributed by atoms with van der Waals surface area (Å²) >= 11 is 0. The fourth-order valence-electron chi connectivity index (χ4n) is 2.55. The van der Waals surface area contributed by atoms with E-state index in [0.29, 0.717) is 0 Å². The minimum absolute atomic E-state index is 0.0491. The Morgan fingerprint density at radius 3 is 2.69 bits per heavy atom. The highest BCUT2D eigenvalue weighted by atomic mass is 14.7. The zero-order valence-corrected chi connectivity index (χ0v) is 10.9. The second kappa shape index (κ2) is 3.59. The zero-order valence-electron chi connectivity index (χ0n) is 10.9. The lowest BCUT2D eigenvalue weighted by molar-refractivity contribution is 0.147. The minimum Gasteiger partial charge on any atom is -0.324 e. The van der Waals surface area contributed by atoms with Crippen LogP contribution in [0.4, 0.5) is 0 Å². The van der Waals surface area contributed by atoms with Crippen molar-refractivity contribution in [2.45, 2.75) is 46.6 Å². The Bertz CT molecular complexity index is 379. The fourth-order valence-corrected chi connectivity index (χ4v) is 2.55. The van der Waals surface area contributed by atoms with Gasteiger partial charge in [0.1, 0.15) is 0 Å². The largest absolute Gasteiger partial charge is 0.324 e. The number of rotatable bonds is 0. The lowest BCUT2D eigenvalue weighted by Crippen LogP contribution is -2.47. The van der Waals surface area contributed by atoms with Gasteiger partial charge in [0.15, 0.2) is 0 Å². The van der Waals surface area contributed by atoms with Gasteiger partial charge in [-0.3, -0.25) is 0 Å². The van der Waals surface area contributed by atoms with Crippen LogP contribution in [-0.4, -0.2) is 6.04 Å². The molecule has 0 amide bonds. The van der Waals surface area contributed by atoms with Crippen LogP contribution in [0.1, 0.15) is 40.5 Å². The maximum absolute atomic E-state index is 6.36. The van der Waals surface area contributed by atoms with Gasteiger partial charge in [-0.2, -0.15) is 0 Å². The molecule has 0 aromatic rings. The minimum atomic E-state index is 0.0491. The SMILES string of the molecule is CC(C)(C)C1(C)C=C2C=CCCC2=CC1N. The Balaban J connectivity index is 2.46. The Labute approximate surface area is 99.1 Å². The van der Waals surface area contributed by atoms with Crippen LogP contribution < -0.4 is 5.73 Å². The average Bonchev–Trinajstić information content (AvgIpc) is 2.18. The molecule has 1 heteroatoms. The van der Waals surface area contributed by atoms with Gasteiger partial charge < -0.3 is 5.73 Å². The molecule has 0 aromatic heterocycles. The lowest BCUT2D eigenvalue weighted by Gasteiger charge is -2.46. The topological polar surface area (TPSA) is 26.0 Å². The van der Waals surface area contributed by atoms with Crippen molar-refractivity contribution in [3.63, 3.8) is 0 Å². The molecule has 0 heterocycles. The molecule has 16 heavy (non-hydrogen) atoms. The summed E-state index contributed by atoms with van der Waals surface area (Å²) in [6.07, 6.45) is 11.5. The van der Waals surface area contributed by atoms with Crippen molar-refractivity contribution in [3.05, 3.63) is 35.5 Å². The molecule has 2 rings (SSSR count). The normalized spacial score (nSPS) is 34.2. The summed E-state index contributed by atoms with van der Waals surface area (Å²) in [5.74, 6) is 0. The van der Waals surface area contributed by atoms with E-state index in [4.69, 9.17) is 5.73 Å². The van der Waals surface area contributed by atoms with Crippen LogP contribution in [0.5, 0.6) is 0 Å². The number of allylic oxidation sites excluding steroid dienone is 4. The first-order valence-electron chi connectivity index (χ1n) is 6.21. The molecular formula is C15H23N. The molecule has 2 unspecified atom stereocenters. The molecule has 2 aliphatic carbocycles. The third-order valence-corrected chi connectivity index (χ3v) is 4.39. The second-order valence-electron chi connectivity index (χ2n) is 6.29. The van der Waals surface area contributed by atoms with Gasteiger partial charge in [-0.1, -0.05) is 52.0 Å². The molecule has 0 saturated carbocycles. The number of nitrogens with two attached hydrogens (primary N) is 1. The molecular weight excluding hydrogens is 194 g/mol. The molecule has 0 saturated heterocycles. The highest BCUT2D eigenvalue weighted by Gasteiger charge is 2.42. The van der Waals surface area contributed by atoms with Crippen LogP contribution in [-0.2, 0) is 0 Å². The predicted octanol–water partition coefficient (Wildman–Crippen LogP) is 3.58. The standard InChI is InChI=1S/C15H23N/c1-14(2,3)15(4)10-12-8-6-5-7-11(12)9-13(15)16/h6,8-10,13H,5,7,16H2,1-4H3. The average molecular weight is 217 g/mol. The van der Waals surface area contributed by atoms with Gasteiger partial charge in [-0.15, -0.1) is 0 Å². The van der Waals surface area contributed by atoms with Crippen LogP contribution in [0.3, 0.4) is 0 Å². The van der Waals surface area contributed by atoms with Gasteiger partial charge in [0.25, 0.3) is 0 Å². The first kappa shape index (κ1) is 11.7. The predicted molar refractivity (Wildman–Crippen MR) is 70.1 cm³/mol. The maximum atomic E-state index is 6.36. The third-order valence-electron chi connectivity index (χ3n) is 4.39. The van der Waals surface area contributed by atoms with E-state index in [1.54, 1.807) is 0 Å². The van der Waals surface area contributed by atoms with Crippen LogP contribution >= 0.6 is 0 Å². The fraction of sp³-hybridized carbons (Fsp3) is 0.600. The zero-order chi connectivity index (χ0) is 12.0. The summed E-state index contributed by atoms with van der Waals surface area (Å²) in [5, 5.41) is 0. The van der Waals surface area contributed by atoms with Crippen molar-refractivity contribution in [2.75, 3.05) is 0 Å². The van der Waals surface area contributed by atoms with E-state index in [9.17, 15) is 0 Å². The lowest BCUT2D eigenvalue weighted by atomic mass is 9.60. The van der Waals surface area contributed by atoms with Crippen molar-refractivity contribution < 1.29 is 0 Å². The van der Waals surface area contributed by atoms with Gasteiger partial charge in [0.2, 0.25) is 0 Å². The number of hydrogen-bond donors (Lipinski definition) is 1. The molecule has 1 nitrogen and oxygen atoms in total. The first-order chi connectivity index (χ1) is 7.34. The van der Waals surface area contributed by atoms with Crippen LogP contribution in [0.25, 0.3) is 0 Å². The summed E-state index contributed by atoms with van der Waals surface area (Å²) in [6.45, 7) is 9.10. The summed E-state index contributed by atoms with van der Waals surface area (Å²) in [5.41, 5.74) is 9.43. The maximum Gasteiger partial charge on any atom is 0.0324 e. The van der Waals surface area contributed by atoms with E-state index in [-0.39, 0.29) is 16.9 Å². The highest BCUT2D eigenvalue weighted by Crippen LogP contribution is 2.47. The van der Waals surface area contributed by atoms with Crippen LogP contribution in [0, 0.1) is 10.8 Å². The molecule has 0 aromatic carbocycles. The third kappa shape index (κ3) is 1.67. The molecule has 0 bridgehead atoms. The van der Waals surface area contributed by atoms with E-state index in [1.807, 2.05) is 0 Å². The Morgan fingerprint density at radius 1 is 1.38 bits per heavy atom. The molecule has 88 valence electrons. The van der Waals surface area contributed by atoms with E-state index in [2.05, 4.69) is 52.0 Å². The van der Waals surface area contributed by atoms with Crippen molar-refractivity contribution >= 4 is 0 Å². The number of fused-ring (bicyclic) bond motifs is 1. The van der Waals surface area contributed by atoms with E-state index in [1.165, 1.54) is 11.1 Å². The molecule has 2 N–H and O–H groups in total. The van der Waals surface area contributed by atoms with Crippen molar-refractivity contribution in [3.8, 4) is 0 Å². The van der Waals surface area contributed by atoms with Crippen LogP contribution in [0.2, 0.25) is 0 Å². The molecule has 0 aliphatic heterocycles. The van der Waals surface area contributed by atoms with E-state index in [0.717, 1.165) is 12.8 Å². The summed E-state index contributed by atoms with van der Waals surface area (Å²) in [4.78, 5) is 0. The molecule has 2 atom stereocenters. The Hall–Kier alpha value is -0.820. The molecule has 0 radical (unpaired) electrons. The summed E-state index contributed by atoms with van der Waals surface area (Å²) in [6, 6.07) is 0.137. The monoisotopic (exact) mass is 217 g/mol. The molecule has 0 spiro atoms. The van der Waals surface area contributed by atoms with E-state index < -0.39 is 0 Å². The quantitative estimate of drug-likeness (QED) is 0.659. The van der Waals surface area contributed by atoms with Gasteiger partial charge in [-0.05, 0) is 29.4 Å². The van der Waals surface area contributed by atoms with E-state index >= 15 is 0 Å². The van der Waals surface area contributed by atoms with Gasteiger partial charge in [0, 0.05) is 11.5 Å². The highest BCUT2D eigenvalue weighted by molar-refractivity contribution is 5.48. The Kier molecular flexibility index (Phi) is 2.62. The number of hydrogen-bond acceptors (Lipinski definition) is 1. The summed E-state index contributed by atoms with van der Waals surface area (Å²) < 4.78 is 0. The molecule has 2 aliphatic rings. The van der Waals surface area contributed by atoms with Crippen molar-refractivity contribution in [1.29, 1.82) is 0 Å². The smallest absolute Gasteiger partial charge is 0.0324 e. The van der Waals surface area contributed by atoms with Crippen molar-refractivity contribution in [2.24, 2.45) is 16.6 Å².